The molecule has 3 rings (SSSR count). The van der Waals surface area contributed by atoms with Crippen molar-refractivity contribution in [2.45, 2.75) is 44.7 Å². The van der Waals surface area contributed by atoms with Crippen LogP contribution in [0.25, 0.3) is 0 Å². The fourth-order valence-corrected chi connectivity index (χ4v) is 4.80. The predicted molar refractivity (Wildman–Crippen MR) is 104 cm³/mol. The number of carbonyl (C=O) groups is 1. The molecule has 27 heavy (non-hydrogen) atoms. The van der Waals surface area contributed by atoms with Crippen molar-refractivity contribution < 1.29 is 13.2 Å². The number of anilines is 1. The summed E-state index contributed by atoms with van der Waals surface area (Å²) in [4.78, 5) is 16.8. The molecule has 2 heterocycles. The third kappa shape index (κ3) is 4.22. The molecule has 1 atom stereocenters. The smallest absolute Gasteiger partial charge is 0.262 e. The summed E-state index contributed by atoms with van der Waals surface area (Å²) < 4.78 is 28.8. The molecular formula is C19H26N4O3S. The van der Waals surface area contributed by atoms with E-state index in [2.05, 4.69) is 10.3 Å². The molecule has 0 spiro atoms. The Morgan fingerprint density at radius 1 is 1.30 bits per heavy atom. The number of aromatic nitrogens is 2. The highest BCUT2D eigenvalue weighted by Gasteiger charge is 2.34. The first-order chi connectivity index (χ1) is 13.0. The van der Waals surface area contributed by atoms with Crippen LogP contribution in [-0.4, -0.2) is 41.3 Å². The molecule has 7 nitrogen and oxygen atoms in total. The van der Waals surface area contributed by atoms with Crippen LogP contribution in [0.4, 0.5) is 5.69 Å². The molecule has 0 radical (unpaired) electrons. The average molecular weight is 391 g/mol. The molecule has 1 aliphatic heterocycles. The van der Waals surface area contributed by atoms with Crippen LogP contribution in [0.15, 0.2) is 41.8 Å². The number of hydrogen-bond donors (Lipinski definition) is 1. The zero-order chi connectivity index (χ0) is 19.4. The van der Waals surface area contributed by atoms with Crippen molar-refractivity contribution in [3.05, 3.63) is 42.4 Å². The number of rotatable bonds is 6. The Morgan fingerprint density at radius 2 is 2.07 bits per heavy atom. The number of benzene rings is 1. The van der Waals surface area contributed by atoms with Crippen LogP contribution >= 0.6 is 0 Å². The van der Waals surface area contributed by atoms with Gasteiger partial charge in [0.1, 0.15) is 0 Å². The fraction of sp³-hybridized carbons (Fsp3) is 0.474. The second kappa shape index (κ2) is 8.22. The molecule has 0 aliphatic carbocycles. The molecule has 1 fully saturated rings. The Labute approximate surface area is 160 Å². The van der Waals surface area contributed by atoms with Gasteiger partial charge in [-0.1, -0.05) is 25.1 Å². The van der Waals surface area contributed by atoms with Crippen LogP contribution in [0.2, 0.25) is 0 Å². The minimum Gasteiger partial charge on any atom is -0.336 e. The summed E-state index contributed by atoms with van der Waals surface area (Å²) in [6.07, 6.45) is 5.21. The molecular weight excluding hydrogens is 364 g/mol. The number of nitrogens with zero attached hydrogens (tertiary/aromatic N) is 3. The third-order valence-corrected chi connectivity index (χ3v) is 6.74. The summed E-state index contributed by atoms with van der Waals surface area (Å²) in [6, 6.07) is 7.69. The Balaban J connectivity index is 1.72. The Kier molecular flexibility index (Phi) is 5.96. The SMILES string of the molecule is CCc1ccccc1NC(=O)C1CCCN(S(=O)(=O)c2cn(CC)cn2)C1. The predicted octanol–water partition coefficient (Wildman–Crippen LogP) is 2.50. The first-order valence-electron chi connectivity index (χ1n) is 9.36. The maximum Gasteiger partial charge on any atom is 0.262 e. The molecule has 1 amide bonds. The van der Waals surface area contributed by atoms with Gasteiger partial charge < -0.3 is 9.88 Å². The van der Waals surface area contributed by atoms with Crippen molar-refractivity contribution >= 4 is 21.6 Å². The highest BCUT2D eigenvalue weighted by atomic mass is 32.2. The van der Waals surface area contributed by atoms with Gasteiger partial charge in [0.15, 0.2) is 5.03 Å². The molecule has 8 heteroatoms. The molecule has 1 aromatic heterocycles. The highest BCUT2D eigenvalue weighted by molar-refractivity contribution is 7.89. The molecule has 1 aromatic carbocycles. The van der Waals surface area contributed by atoms with E-state index < -0.39 is 10.0 Å². The van der Waals surface area contributed by atoms with Gasteiger partial charge in [0.2, 0.25) is 5.91 Å². The number of hydrogen-bond acceptors (Lipinski definition) is 4. The fourth-order valence-electron chi connectivity index (χ4n) is 3.34. The lowest BCUT2D eigenvalue weighted by atomic mass is 9.98. The van der Waals surface area contributed by atoms with Gasteiger partial charge in [0.25, 0.3) is 10.0 Å². The number of nitrogens with one attached hydrogen (secondary N) is 1. The number of carbonyl (C=O) groups excluding carboxylic acids is 1. The van der Waals surface area contributed by atoms with Crippen LogP contribution in [0.5, 0.6) is 0 Å². The van der Waals surface area contributed by atoms with Crippen LogP contribution in [0.3, 0.4) is 0 Å². The zero-order valence-corrected chi connectivity index (χ0v) is 16.6. The second-order valence-corrected chi connectivity index (χ2v) is 8.63. The topological polar surface area (TPSA) is 84.3 Å². The van der Waals surface area contributed by atoms with E-state index in [1.54, 1.807) is 4.57 Å². The van der Waals surface area contributed by atoms with Crippen molar-refractivity contribution in [2.24, 2.45) is 5.92 Å². The van der Waals surface area contributed by atoms with Crippen molar-refractivity contribution in [1.29, 1.82) is 0 Å². The maximum atomic E-state index is 12.9. The van der Waals surface area contributed by atoms with Crippen LogP contribution in [-0.2, 0) is 27.8 Å². The van der Waals surface area contributed by atoms with Crippen LogP contribution in [0, 0.1) is 5.92 Å². The monoisotopic (exact) mass is 390 g/mol. The van der Waals surface area contributed by atoms with Gasteiger partial charge in [-0.05, 0) is 37.8 Å². The number of piperidine rings is 1. The lowest BCUT2D eigenvalue weighted by Gasteiger charge is -2.30. The number of aryl methyl sites for hydroxylation is 2. The number of imidazole rings is 1. The van der Waals surface area contributed by atoms with E-state index in [0.717, 1.165) is 17.7 Å². The zero-order valence-electron chi connectivity index (χ0n) is 15.8. The molecule has 1 N–H and O–H groups in total. The van der Waals surface area contributed by atoms with Crippen molar-refractivity contribution in [3.8, 4) is 0 Å². The molecule has 1 unspecified atom stereocenters. The van der Waals surface area contributed by atoms with Gasteiger partial charge in [-0.25, -0.2) is 13.4 Å². The molecule has 1 aliphatic rings. The number of amides is 1. The largest absolute Gasteiger partial charge is 0.336 e. The van der Waals surface area contributed by atoms with E-state index in [4.69, 9.17) is 0 Å². The van der Waals surface area contributed by atoms with Gasteiger partial charge in [0, 0.05) is 31.5 Å². The van der Waals surface area contributed by atoms with E-state index in [1.165, 1.54) is 16.8 Å². The Bertz CT molecular complexity index is 907. The molecule has 2 aromatic rings. The van der Waals surface area contributed by atoms with Gasteiger partial charge in [-0.15, -0.1) is 0 Å². The quantitative estimate of drug-likeness (QED) is 0.821. The van der Waals surface area contributed by atoms with Crippen LogP contribution in [0.1, 0.15) is 32.3 Å². The lowest BCUT2D eigenvalue weighted by molar-refractivity contribution is -0.120. The normalized spacial score (nSPS) is 18.4. The van der Waals surface area contributed by atoms with E-state index in [-0.39, 0.29) is 23.4 Å². The highest BCUT2D eigenvalue weighted by Crippen LogP contribution is 2.25. The number of sulfonamides is 1. The van der Waals surface area contributed by atoms with Crippen molar-refractivity contribution in [2.75, 3.05) is 18.4 Å². The summed E-state index contributed by atoms with van der Waals surface area (Å²) in [5, 5.41) is 3.02. The second-order valence-electron chi connectivity index (χ2n) is 6.74. The molecule has 0 bridgehead atoms. The Hall–Kier alpha value is -2.19. The molecule has 1 saturated heterocycles. The summed E-state index contributed by atoms with van der Waals surface area (Å²) in [6.45, 7) is 5.21. The third-order valence-electron chi connectivity index (χ3n) is 4.99. The summed E-state index contributed by atoms with van der Waals surface area (Å²) >= 11 is 0. The summed E-state index contributed by atoms with van der Waals surface area (Å²) in [5.41, 5.74) is 1.86. The van der Waals surface area contributed by atoms with Crippen molar-refractivity contribution in [3.63, 3.8) is 0 Å². The average Bonchev–Trinajstić information content (AvgIpc) is 3.18. The summed E-state index contributed by atoms with van der Waals surface area (Å²) in [5.74, 6) is -0.499. The van der Waals surface area contributed by atoms with E-state index in [0.29, 0.717) is 25.9 Å². The molecule has 146 valence electrons. The minimum absolute atomic E-state index is 0.0433. The van der Waals surface area contributed by atoms with E-state index in [1.807, 2.05) is 38.1 Å². The van der Waals surface area contributed by atoms with Gasteiger partial charge in [-0.2, -0.15) is 4.31 Å². The van der Waals surface area contributed by atoms with Gasteiger partial charge >= 0.3 is 0 Å². The van der Waals surface area contributed by atoms with E-state index in [9.17, 15) is 13.2 Å². The first-order valence-corrected chi connectivity index (χ1v) is 10.8. The van der Waals surface area contributed by atoms with Gasteiger partial charge in [0.05, 0.1) is 12.2 Å². The lowest BCUT2D eigenvalue weighted by Crippen LogP contribution is -2.43. The standard InChI is InChI=1S/C19H26N4O3S/c1-3-15-8-5-6-10-17(15)21-19(24)16-9-7-11-23(12-16)27(25,26)18-13-22(4-2)14-20-18/h5-6,8,10,13-14,16H,3-4,7,9,11-12H2,1-2H3,(H,21,24). The van der Waals surface area contributed by atoms with Crippen LogP contribution < -0.4 is 5.32 Å². The van der Waals surface area contributed by atoms with Gasteiger partial charge in [-0.3, -0.25) is 4.79 Å². The van der Waals surface area contributed by atoms with E-state index >= 15 is 0 Å². The summed E-state index contributed by atoms with van der Waals surface area (Å²) in [7, 11) is -3.68. The Morgan fingerprint density at radius 3 is 2.78 bits per heavy atom. The minimum atomic E-state index is -3.68. The maximum absolute atomic E-state index is 12.9. The number of para-hydroxylation sites is 1. The molecule has 0 saturated carbocycles. The van der Waals surface area contributed by atoms with Crippen molar-refractivity contribution in [1.82, 2.24) is 13.9 Å². The first kappa shape index (κ1) is 19.6.